The van der Waals surface area contributed by atoms with Gasteiger partial charge in [-0.25, -0.2) is 13.9 Å². The van der Waals surface area contributed by atoms with Gasteiger partial charge < -0.3 is 19.9 Å². The van der Waals surface area contributed by atoms with Crippen molar-refractivity contribution in [2.24, 2.45) is 5.92 Å². The van der Waals surface area contributed by atoms with Crippen molar-refractivity contribution in [3.63, 3.8) is 0 Å². The van der Waals surface area contributed by atoms with E-state index in [1.165, 1.54) is 24.3 Å². The first-order valence-corrected chi connectivity index (χ1v) is 18.4. The van der Waals surface area contributed by atoms with Gasteiger partial charge in [0.1, 0.15) is 27.4 Å². The van der Waals surface area contributed by atoms with Crippen LogP contribution in [0.5, 0.6) is 0 Å². The summed E-state index contributed by atoms with van der Waals surface area (Å²) in [6.45, 7) is 10.6. The third-order valence-corrected chi connectivity index (χ3v) is 10.2. The van der Waals surface area contributed by atoms with Crippen molar-refractivity contribution in [2.75, 3.05) is 5.32 Å². The molecule has 4 aromatic rings. The average molecular weight is 757 g/mol. The fourth-order valence-corrected chi connectivity index (χ4v) is 6.58. The summed E-state index contributed by atoms with van der Waals surface area (Å²) in [7, 11) is 0. The molecule has 10 nitrogen and oxygen atoms in total. The molecular weight excluding hydrogens is 713 g/mol. The molecule has 0 aliphatic heterocycles. The van der Waals surface area contributed by atoms with E-state index in [-0.39, 0.29) is 17.9 Å². The molecule has 2 unspecified atom stereocenters. The highest BCUT2D eigenvalue weighted by molar-refractivity contribution is 7.90. The zero-order chi connectivity index (χ0) is 38.8. The van der Waals surface area contributed by atoms with Crippen LogP contribution in [-0.4, -0.2) is 41.7 Å². The number of alkyl halides is 3. The van der Waals surface area contributed by atoms with E-state index in [2.05, 4.69) is 25.4 Å². The second-order valence-corrected chi connectivity index (χ2v) is 17.1. The number of halogens is 4. The Bertz CT molecular complexity index is 1920. The van der Waals surface area contributed by atoms with Gasteiger partial charge in [0.15, 0.2) is 5.69 Å². The van der Waals surface area contributed by atoms with E-state index in [1.54, 1.807) is 51.4 Å². The van der Waals surface area contributed by atoms with Crippen LogP contribution in [0, 0.1) is 11.7 Å². The lowest BCUT2D eigenvalue weighted by Crippen LogP contribution is -2.52. The summed E-state index contributed by atoms with van der Waals surface area (Å²) in [6.07, 6.45) is 1.04. The van der Waals surface area contributed by atoms with Crippen molar-refractivity contribution < 1.29 is 36.4 Å². The predicted octanol–water partition coefficient (Wildman–Crippen LogP) is 8.19. The average Bonchev–Trinajstić information content (AvgIpc) is 3.79. The second-order valence-electron chi connectivity index (χ2n) is 15.1. The second kappa shape index (κ2) is 15.5. The van der Waals surface area contributed by atoms with Crippen LogP contribution in [0.25, 0.3) is 5.69 Å². The third-order valence-electron chi connectivity index (χ3n) is 8.53. The van der Waals surface area contributed by atoms with Crippen LogP contribution in [0.4, 0.5) is 28.0 Å². The van der Waals surface area contributed by atoms with Crippen molar-refractivity contribution in [2.45, 2.75) is 95.8 Å². The van der Waals surface area contributed by atoms with Gasteiger partial charge in [-0.15, -0.1) is 4.72 Å². The van der Waals surface area contributed by atoms with Gasteiger partial charge >= 0.3 is 12.3 Å². The molecule has 2 aromatic carbocycles. The lowest BCUT2D eigenvalue weighted by Gasteiger charge is -2.38. The standard InChI is InChI=1S/C38H44F4N6O4S/c1-35(2,3)52-34(50)44-22-25-9-7-11-28(19-25)48-31(21-32(46-48)38(40,41)42)33(49)45-30-20-26(14-15-29(30)39)37(17-16-24-12-13-24,27-10-8-18-43-23-27)47-53(51)36(4,5)6/h7-11,14-15,18-21,23-24,47H,12-13,16-17,22H2,1-6H3,(H,44,50)(H,45,49). The number of alkyl carbamates (subject to hydrolysis) is 1. The molecule has 1 aliphatic rings. The first kappa shape index (κ1) is 39.7. The molecule has 15 heteroatoms. The molecule has 2 amide bonds. The summed E-state index contributed by atoms with van der Waals surface area (Å²) >= 11 is -1.60. The van der Waals surface area contributed by atoms with E-state index in [1.807, 2.05) is 26.8 Å². The number of ether oxygens (including phenoxy) is 1. The van der Waals surface area contributed by atoms with E-state index in [0.29, 0.717) is 35.1 Å². The fourth-order valence-electron chi connectivity index (χ4n) is 5.62. The lowest BCUT2D eigenvalue weighted by molar-refractivity contribution is -0.141. The van der Waals surface area contributed by atoms with Crippen LogP contribution in [0.15, 0.2) is 73.1 Å². The van der Waals surface area contributed by atoms with Crippen molar-refractivity contribution in [3.8, 4) is 5.69 Å². The molecule has 2 atom stereocenters. The third kappa shape index (κ3) is 10.1. The van der Waals surface area contributed by atoms with Crippen LogP contribution < -0.4 is 15.4 Å². The molecule has 3 N–H and O–H groups in total. The number of amides is 2. The Labute approximate surface area is 309 Å². The first-order valence-electron chi connectivity index (χ1n) is 17.2. The quantitative estimate of drug-likeness (QED) is 0.0981. The molecule has 0 saturated heterocycles. The molecule has 284 valence electrons. The Balaban J connectivity index is 1.52. The summed E-state index contributed by atoms with van der Waals surface area (Å²) in [6, 6.07) is 14.4. The number of benzene rings is 2. The topological polar surface area (TPSA) is 133 Å². The predicted molar refractivity (Wildman–Crippen MR) is 194 cm³/mol. The maximum absolute atomic E-state index is 15.6. The molecule has 53 heavy (non-hydrogen) atoms. The van der Waals surface area contributed by atoms with E-state index in [9.17, 15) is 27.3 Å². The minimum absolute atomic E-state index is 0.0247. The minimum Gasteiger partial charge on any atom is -0.598 e. The Morgan fingerprint density at radius 2 is 1.72 bits per heavy atom. The molecule has 0 spiro atoms. The van der Waals surface area contributed by atoms with Crippen LogP contribution in [0.3, 0.4) is 0 Å². The van der Waals surface area contributed by atoms with Crippen LogP contribution in [0.2, 0.25) is 0 Å². The number of pyridine rings is 1. The number of anilines is 1. The normalized spacial score (nSPS) is 15.4. The SMILES string of the molecule is CC(C)(C)OC(=O)NCc1cccc(-n2nc(C(F)(F)F)cc2C(=O)Nc2cc(C(CCC3CC3)(N[S+]([O-])C(C)(C)C)c3cccnc3)ccc2F)c1. The number of hydrogen-bond acceptors (Lipinski definition) is 7. The first-order chi connectivity index (χ1) is 24.7. The van der Waals surface area contributed by atoms with Crippen molar-refractivity contribution in [1.29, 1.82) is 0 Å². The van der Waals surface area contributed by atoms with Crippen LogP contribution >= 0.6 is 0 Å². The summed E-state index contributed by atoms with van der Waals surface area (Å²) < 4.78 is 79.9. The molecular formula is C38H44F4N6O4S. The highest BCUT2D eigenvalue weighted by Gasteiger charge is 2.44. The number of hydrogen-bond donors (Lipinski definition) is 3. The van der Waals surface area contributed by atoms with Crippen molar-refractivity contribution in [1.82, 2.24) is 24.8 Å². The zero-order valence-corrected chi connectivity index (χ0v) is 31.3. The van der Waals surface area contributed by atoms with Gasteiger partial charge in [-0.1, -0.05) is 37.1 Å². The number of aromatic nitrogens is 3. The molecule has 5 rings (SSSR count). The number of carbonyl (C=O) groups is 2. The summed E-state index contributed by atoms with van der Waals surface area (Å²) in [5.74, 6) is -1.42. The molecule has 2 heterocycles. The van der Waals surface area contributed by atoms with Crippen molar-refractivity contribution in [3.05, 3.63) is 107 Å². The number of carbonyl (C=O) groups excluding carboxylic acids is 2. The van der Waals surface area contributed by atoms with Gasteiger partial charge in [0.25, 0.3) is 5.91 Å². The van der Waals surface area contributed by atoms with E-state index >= 15 is 4.39 Å². The lowest BCUT2D eigenvalue weighted by atomic mass is 9.80. The van der Waals surface area contributed by atoms with Crippen LogP contribution in [0.1, 0.15) is 100 Å². The zero-order valence-electron chi connectivity index (χ0n) is 30.4. The van der Waals surface area contributed by atoms with E-state index in [0.717, 1.165) is 30.0 Å². The molecule has 1 saturated carbocycles. The monoisotopic (exact) mass is 756 g/mol. The Morgan fingerprint density at radius 3 is 2.34 bits per heavy atom. The van der Waals surface area contributed by atoms with Gasteiger partial charge in [0.2, 0.25) is 0 Å². The Kier molecular flexibility index (Phi) is 11.6. The largest absolute Gasteiger partial charge is 0.598 e. The van der Waals surface area contributed by atoms with E-state index < -0.39 is 62.6 Å². The van der Waals surface area contributed by atoms with Gasteiger partial charge in [0.05, 0.1) is 11.4 Å². The number of nitrogens with zero attached hydrogens (tertiary/aromatic N) is 3. The molecule has 0 radical (unpaired) electrons. The summed E-state index contributed by atoms with van der Waals surface area (Å²) in [5.41, 5.74) is -2.28. The van der Waals surface area contributed by atoms with Gasteiger partial charge in [-0.2, -0.15) is 18.3 Å². The van der Waals surface area contributed by atoms with Gasteiger partial charge in [0, 0.05) is 36.4 Å². The van der Waals surface area contributed by atoms with Crippen LogP contribution in [-0.2, 0) is 34.4 Å². The number of rotatable bonds is 12. The van der Waals surface area contributed by atoms with Crippen molar-refractivity contribution >= 4 is 29.0 Å². The Morgan fingerprint density at radius 1 is 0.981 bits per heavy atom. The maximum Gasteiger partial charge on any atom is 0.435 e. The van der Waals surface area contributed by atoms with Gasteiger partial charge in [-0.05, 0) is 107 Å². The number of nitrogens with one attached hydrogen (secondary N) is 3. The maximum atomic E-state index is 15.6. The van der Waals surface area contributed by atoms with Gasteiger partial charge in [-0.3, -0.25) is 9.78 Å². The Hall–Kier alpha value is -4.47. The summed E-state index contributed by atoms with van der Waals surface area (Å²) in [4.78, 5) is 30.3. The molecule has 2 aromatic heterocycles. The highest BCUT2D eigenvalue weighted by atomic mass is 32.2. The fraction of sp³-hybridized carbons (Fsp3) is 0.421. The smallest absolute Gasteiger partial charge is 0.435 e. The van der Waals surface area contributed by atoms with E-state index in [4.69, 9.17) is 4.74 Å². The minimum atomic E-state index is -4.90. The molecule has 1 fully saturated rings. The summed E-state index contributed by atoms with van der Waals surface area (Å²) in [5, 5.41) is 8.75. The highest BCUT2D eigenvalue weighted by Crippen LogP contribution is 2.43. The molecule has 1 aliphatic carbocycles. The molecule has 0 bridgehead atoms.